The van der Waals surface area contributed by atoms with E-state index in [1.807, 2.05) is 25.3 Å². The van der Waals surface area contributed by atoms with Crippen molar-refractivity contribution in [1.29, 1.82) is 5.26 Å². The summed E-state index contributed by atoms with van der Waals surface area (Å²) in [6.45, 7) is 6.43. The van der Waals surface area contributed by atoms with Crippen LogP contribution in [0.2, 0.25) is 0 Å². The van der Waals surface area contributed by atoms with Crippen molar-refractivity contribution in [1.82, 2.24) is 9.55 Å². The van der Waals surface area contributed by atoms with Crippen LogP contribution >= 0.6 is 0 Å². The number of rotatable bonds is 7. The largest absolute Gasteiger partial charge is 0.493 e. The van der Waals surface area contributed by atoms with E-state index >= 15 is 0 Å². The summed E-state index contributed by atoms with van der Waals surface area (Å²) >= 11 is 0. The number of nitrogens with zero attached hydrogens (tertiary/aromatic N) is 2. The molecule has 0 saturated heterocycles. The SMILES string of the molecule is CCCCOc1cc2c(=O)c3c4ccc(C#N)cc4[nH]c3n(C(C)C)c2cc1-c1cccc(S(=O)(=O)F)c1. The molecule has 5 rings (SSSR count). The number of ether oxygens (including phenoxy) is 1. The standard InChI is InChI=1S/C29H26FN3O4S/c1-4-5-11-37-26-15-23-25(14-22(26)19-7-6-8-20(13-19)38(30,35)36)33(17(2)3)29-27(28(23)34)21-10-9-18(16-31)12-24(21)32-29/h6-10,12-15,17,32H,4-5,11H2,1-3H3. The van der Waals surface area contributed by atoms with E-state index in [-0.39, 0.29) is 11.5 Å². The van der Waals surface area contributed by atoms with Gasteiger partial charge in [-0.15, -0.1) is 3.89 Å². The molecule has 0 fully saturated rings. The summed E-state index contributed by atoms with van der Waals surface area (Å²) in [5, 5.41) is 11.0. The lowest BCUT2D eigenvalue weighted by Crippen LogP contribution is -2.13. The van der Waals surface area contributed by atoms with Gasteiger partial charge in [0.2, 0.25) is 0 Å². The predicted octanol–water partition coefficient (Wildman–Crippen LogP) is 6.59. The summed E-state index contributed by atoms with van der Waals surface area (Å²) < 4.78 is 45.2. The van der Waals surface area contributed by atoms with Gasteiger partial charge in [0.1, 0.15) is 11.4 Å². The Labute approximate surface area is 219 Å². The quantitative estimate of drug-likeness (QED) is 0.188. The molecule has 194 valence electrons. The van der Waals surface area contributed by atoms with E-state index in [2.05, 4.69) is 11.1 Å². The molecule has 0 spiro atoms. The molecular formula is C29H26FN3O4S. The second kappa shape index (κ2) is 9.62. The minimum Gasteiger partial charge on any atom is -0.493 e. The van der Waals surface area contributed by atoms with E-state index in [4.69, 9.17) is 4.74 Å². The van der Waals surface area contributed by atoms with E-state index in [1.54, 1.807) is 36.4 Å². The summed E-state index contributed by atoms with van der Waals surface area (Å²) in [5.41, 5.74) is 3.22. The van der Waals surface area contributed by atoms with Crippen LogP contribution in [0.1, 0.15) is 45.2 Å². The van der Waals surface area contributed by atoms with Crippen molar-refractivity contribution in [2.24, 2.45) is 0 Å². The zero-order valence-corrected chi connectivity index (χ0v) is 22.0. The second-order valence-electron chi connectivity index (χ2n) is 9.55. The molecule has 3 aromatic carbocycles. The molecule has 0 aliphatic carbocycles. The first-order chi connectivity index (χ1) is 18.1. The van der Waals surface area contributed by atoms with Crippen molar-refractivity contribution in [2.45, 2.75) is 44.6 Å². The highest BCUT2D eigenvalue weighted by Gasteiger charge is 2.21. The van der Waals surface area contributed by atoms with Crippen molar-refractivity contribution in [3.8, 4) is 22.9 Å². The van der Waals surface area contributed by atoms with Gasteiger partial charge in [0.25, 0.3) is 0 Å². The molecule has 7 nitrogen and oxygen atoms in total. The number of nitrogens with one attached hydrogen (secondary N) is 1. The van der Waals surface area contributed by atoms with E-state index in [0.717, 1.165) is 18.2 Å². The summed E-state index contributed by atoms with van der Waals surface area (Å²) in [7, 11) is -4.91. The molecule has 0 amide bonds. The maximum Gasteiger partial charge on any atom is 0.332 e. The smallest absolute Gasteiger partial charge is 0.332 e. The van der Waals surface area contributed by atoms with E-state index in [0.29, 0.717) is 56.5 Å². The average molecular weight is 532 g/mol. The molecule has 0 saturated carbocycles. The summed E-state index contributed by atoms with van der Waals surface area (Å²) in [4.78, 5) is 16.8. The van der Waals surface area contributed by atoms with Gasteiger partial charge in [0, 0.05) is 22.5 Å². The van der Waals surface area contributed by atoms with Crippen molar-refractivity contribution in [2.75, 3.05) is 6.61 Å². The first-order valence-corrected chi connectivity index (χ1v) is 13.8. The van der Waals surface area contributed by atoms with Crippen molar-refractivity contribution in [3.05, 3.63) is 70.4 Å². The molecule has 0 bridgehead atoms. The number of aromatic nitrogens is 2. The van der Waals surface area contributed by atoms with Gasteiger partial charge in [-0.1, -0.05) is 31.5 Å². The minimum absolute atomic E-state index is 0.0682. The summed E-state index contributed by atoms with van der Waals surface area (Å²) in [5.74, 6) is 0.415. The van der Waals surface area contributed by atoms with Crippen LogP contribution in [0.15, 0.2) is 64.3 Å². The van der Waals surface area contributed by atoms with Crippen LogP contribution in [-0.2, 0) is 10.2 Å². The van der Waals surface area contributed by atoms with E-state index in [1.165, 1.54) is 18.2 Å². The van der Waals surface area contributed by atoms with Crippen molar-refractivity contribution < 1.29 is 17.0 Å². The summed E-state index contributed by atoms with van der Waals surface area (Å²) in [6.07, 6.45) is 1.69. The number of pyridine rings is 1. The monoisotopic (exact) mass is 531 g/mol. The Morgan fingerprint density at radius 3 is 2.58 bits per heavy atom. The topological polar surface area (TPSA) is 105 Å². The molecule has 5 aromatic rings. The van der Waals surface area contributed by atoms with Crippen LogP contribution in [0.3, 0.4) is 0 Å². The van der Waals surface area contributed by atoms with Gasteiger partial charge in [0.15, 0.2) is 5.43 Å². The number of hydrogen-bond acceptors (Lipinski definition) is 5. The molecular weight excluding hydrogens is 505 g/mol. The predicted molar refractivity (Wildman–Crippen MR) is 147 cm³/mol. The third-order valence-corrected chi connectivity index (χ3v) is 7.49. The zero-order valence-electron chi connectivity index (χ0n) is 21.2. The van der Waals surface area contributed by atoms with Gasteiger partial charge >= 0.3 is 10.2 Å². The van der Waals surface area contributed by atoms with Crippen LogP contribution in [0.25, 0.3) is 44.0 Å². The molecule has 0 radical (unpaired) electrons. The number of hydrogen-bond donors (Lipinski definition) is 1. The molecule has 0 unspecified atom stereocenters. The molecule has 0 aliphatic heterocycles. The van der Waals surface area contributed by atoms with Crippen molar-refractivity contribution in [3.63, 3.8) is 0 Å². The number of unbranched alkanes of at least 4 members (excludes halogenated alkanes) is 1. The Morgan fingerprint density at radius 1 is 1.11 bits per heavy atom. The van der Waals surface area contributed by atoms with E-state index in [9.17, 15) is 22.4 Å². The normalized spacial score (nSPS) is 12.0. The third kappa shape index (κ3) is 4.31. The number of halogens is 1. The Morgan fingerprint density at radius 2 is 1.89 bits per heavy atom. The molecule has 38 heavy (non-hydrogen) atoms. The van der Waals surface area contributed by atoms with Crippen LogP contribution in [0.4, 0.5) is 3.89 Å². The van der Waals surface area contributed by atoms with Gasteiger partial charge in [0.05, 0.1) is 39.4 Å². The minimum atomic E-state index is -4.91. The van der Waals surface area contributed by atoms with Crippen LogP contribution in [0, 0.1) is 11.3 Å². The number of aromatic amines is 1. The fourth-order valence-electron chi connectivity index (χ4n) is 4.89. The Hall–Kier alpha value is -4.16. The number of fused-ring (bicyclic) bond motifs is 4. The lowest BCUT2D eigenvalue weighted by molar-refractivity contribution is 0.311. The maximum atomic E-state index is 13.9. The van der Waals surface area contributed by atoms with Gasteiger partial charge in [-0.05, 0) is 62.2 Å². The Kier molecular flexibility index (Phi) is 6.45. The fraction of sp³-hybridized carbons (Fsp3) is 0.241. The fourth-order valence-corrected chi connectivity index (χ4v) is 5.40. The molecule has 0 aliphatic rings. The zero-order chi connectivity index (χ0) is 27.2. The Balaban J connectivity index is 1.89. The van der Waals surface area contributed by atoms with Crippen LogP contribution in [0.5, 0.6) is 5.75 Å². The third-order valence-electron chi connectivity index (χ3n) is 6.68. The molecule has 2 heterocycles. The van der Waals surface area contributed by atoms with Gasteiger partial charge in [-0.3, -0.25) is 4.79 Å². The first-order valence-electron chi connectivity index (χ1n) is 12.4. The average Bonchev–Trinajstić information content (AvgIpc) is 3.26. The molecule has 0 atom stereocenters. The highest BCUT2D eigenvalue weighted by Crippen LogP contribution is 2.37. The molecule has 1 N–H and O–H groups in total. The number of nitriles is 1. The van der Waals surface area contributed by atoms with Crippen LogP contribution < -0.4 is 10.2 Å². The van der Waals surface area contributed by atoms with Gasteiger partial charge in [-0.25, -0.2) is 0 Å². The number of benzene rings is 3. The van der Waals surface area contributed by atoms with E-state index < -0.39 is 15.1 Å². The maximum absolute atomic E-state index is 13.9. The molecule has 2 aromatic heterocycles. The molecule has 9 heteroatoms. The number of H-pyrrole nitrogens is 1. The lowest BCUT2D eigenvalue weighted by Gasteiger charge is -2.20. The van der Waals surface area contributed by atoms with Crippen molar-refractivity contribution >= 4 is 43.1 Å². The van der Waals surface area contributed by atoms with Gasteiger partial charge < -0.3 is 14.3 Å². The van der Waals surface area contributed by atoms with Crippen LogP contribution in [-0.4, -0.2) is 24.6 Å². The highest BCUT2D eigenvalue weighted by molar-refractivity contribution is 7.86. The Bertz CT molecular complexity index is 1930. The lowest BCUT2D eigenvalue weighted by atomic mass is 10.0. The summed E-state index contributed by atoms with van der Waals surface area (Å²) in [6, 6.07) is 16.4. The first kappa shape index (κ1) is 25.5. The highest BCUT2D eigenvalue weighted by atomic mass is 32.3. The second-order valence-corrected chi connectivity index (χ2v) is 10.9. The van der Waals surface area contributed by atoms with Gasteiger partial charge in [-0.2, -0.15) is 13.7 Å².